The van der Waals surface area contributed by atoms with Crippen molar-refractivity contribution in [2.45, 2.75) is 71.3 Å². The van der Waals surface area contributed by atoms with E-state index in [1.807, 2.05) is 39.1 Å². The Morgan fingerprint density at radius 2 is 1.59 bits per heavy atom. The van der Waals surface area contributed by atoms with Gasteiger partial charge in [-0.25, -0.2) is 0 Å². The maximum atomic E-state index is 13.1. The lowest BCUT2D eigenvalue weighted by molar-refractivity contribution is -0.137. The zero-order chi connectivity index (χ0) is 28.6. The number of alkyl halides is 3. The van der Waals surface area contributed by atoms with E-state index < -0.39 is 11.7 Å². The van der Waals surface area contributed by atoms with Crippen molar-refractivity contribution in [1.82, 2.24) is 10.6 Å². The fourth-order valence-corrected chi connectivity index (χ4v) is 4.67. The van der Waals surface area contributed by atoms with Gasteiger partial charge in [-0.2, -0.15) is 13.2 Å². The van der Waals surface area contributed by atoms with Crippen LogP contribution in [0.3, 0.4) is 0 Å². The number of ether oxygens (including phenoxy) is 1. The highest BCUT2D eigenvalue weighted by molar-refractivity contribution is 5.40. The van der Waals surface area contributed by atoms with E-state index in [0.717, 1.165) is 46.7 Å². The van der Waals surface area contributed by atoms with Crippen molar-refractivity contribution in [1.29, 1.82) is 0 Å². The minimum absolute atomic E-state index is 0. The summed E-state index contributed by atoms with van der Waals surface area (Å²) in [4.78, 5) is 0. The lowest BCUT2D eigenvalue weighted by Crippen LogP contribution is -2.31. The molecule has 3 aromatic rings. The highest BCUT2D eigenvalue weighted by atomic mass is 19.4. The zero-order valence-electron chi connectivity index (χ0n) is 23.6. The van der Waals surface area contributed by atoms with E-state index in [1.165, 1.54) is 5.56 Å². The van der Waals surface area contributed by atoms with Crippen LogP contribution in [0.4, 0.5) is 13.2 Å². The Labute approximate surface area is 234 Å². The molecule has 214 valence electrons. The van der Waals surface area contributed by atoms with Crippen LogP contribution in [-0.2, 0) is 19.0 Å². The fourth-order valence-electron chi connectivity index (χ4n) is 4.67. The Bertz CT molecular complexity index is 1200. The first kappa shape index (κ1) is 30.3. The molecule has 0 bridgehead atoms. The van der Waals surface area contributed by atoms with Crippen molar-refractivity contribution >= 4 is 0 Å². The van der Waals surface area contributed by atoms with Crippen molar-refractivity contribution in [3.8, 4) is 5.75 Å². The van der Waals surface area contributed by atoms with Gasteiger partial charge in [-0.3, -0.25) is 5.32 Å². The van der Waals surface area contributed by atoms with Gasteiger partial charge in [0.2, 0.25) is 0 Å². The summed E-state index contributed by atoms with van der Waals surface area (Å²) < 4.78 is 45.5. The molecule has 2 atom stereocenters. The van der Waals surface area contributed by atoms with E-state index in [0.29, 0.717) is 18.8 Å². The Morgan fingerprint density at radius 3 is 2.15 bits per heavy atom. The van der Waals surface area contributed by atoms with Crippen LogP contribution in [0.2, 0.25) is 0 Å². The predicted molar refractivity (Wildman–Crippen MR) is 158 cm³/mol. The summed E-state index contributed by atoms with van der Waals surface area (Å²) in [5.41, 5.74) is 4.36. The molecule has 3 rings (SSSR count). The second-order valence-electron chi connectivity index (χ2n) is 10.7. The van der Waals surface area contributed by atoms with Crippen LogP contribution in [0.15, 0.2) is 85.1 Å². The van der Waals surface area contributed by atoms with Gasteiger partial charge in [-0.15, -0.1) is 0 Å². The van der Waals surface area contributed by atoms with Gasteiger partial charge >= 0.3 is 6.18 Å². The number of hydrogen-bond donors (Lipinski definition) is 2. The molecule has 2 N–H and O–H groups in total. The van der Waals surface area contributed by atoms with Crippen LogP contribution in [0.5, 0.6) is 5.75 Å². The molecule has 3 nitrogen and oxygen atoms in total. The molecule has 0 saturated heterocycles. The molecule has 0 heterocycles. The van der Waals surface area contributed by atoms with Crippen molar-refractivity contribution < 1.29 is 20.8 Å². The van der Waals surface area contributed by atoms with Gasteiger partial charge in [0, 0.05) is 21.6 Å². The molecule has 3 aromatic carbocycles. The van der Waals surface area contributed by atoms with Crippen molar-refractivity contribution in [2.75, 3.05) is 7.05 Å². The Hall–Kier alpha value is -3.25. The Morgan fingerprint density at radius 1 is 0.923 bits per heavy atom. The summed E-state index contributed by atoms with van der Waals surface area (Å²) >= 11 is 0. The summed E-state index contributed by atoms with van der Waals surface area (Å²) in [7, 11) is 1.85. The average molecular weight is 543 g/mol. The Kier molecular flexibility index (Phi) is 10.6. The standard InChI is InChI=1S/C33H41F3N2O.2H2/c1-22(2)20-28-16-15-27(21-31(28)39-23(3)4)30(19-14-25-12-17-29(18-13-25)33(34,35)36)38-32(24(5)37-6)26-10-8-7-9-11-26;;/h7-13,15-18,21-23,30,32,37-38H,5,14,19-20H2,1-4,6H3;2*1H/t30-,32+;;/m1../s1. The highest BCUT2D eigenvalue weighted by Crippen LogP contribution is 2.33. The monoisotopic (exact) mass is 542 g/mol. The quantitative estimate of drug-likeness (QED) is 0.226. The number of halogens is 3. The van der Waals surface area contributed by atoms with E-state index in [-0.39, 0.29) is 21.0 Å². The van der Waals surface area contributed by atoms with Crippen molar-refractivity contribution in [3.63, 3.8) is 0 Å². The topological polar surface area (TPSA) is 33.3 Å². The molecule has 0 aliphatic carbocycles. The van der Waals surface area contributed by atoms with Gasteiger partial charge in [-0.1, -0.05) is 75.0 Å². The molecule has 0 fully saturated rings. The summed E-state index contributed by atoms with van der Waals surface area (Å²) in [6.45, 7) is 12.7. The minimum atomic E-state index is -4.34. The van der Waals surface area contributed by atoms with Crippen LogP contribution in [0.25, 0.3) is 0 Å². The number of likely N-dealkylation sites (N-methyl/N-ethyl adjacent to an activating group) is 1. The van der Waals surface area contributed by atoms with Gasteiger partial charge in [-0.05, 0) is 79.5 Å². The lowest BCUT2D eigenvalue weighted by atomic mass is 9.93. The predicted octanol–water partition coefficient (Wildman–Crippen LogP) is 8.92. The maximum absolute atomic E-state index is 13.1. The van der Waals surface area contributed by atoms with E-state index in [9.17, 15) is 13.2 Å². The average Bonchev–Trinajstić information content (AvgIpc) is 2.89. The second-order valence-corrected chi connectivity index (χ2v) is 10.7. The molecule has 0 aliphatic rings. The van der Waals surface area contributed by atoms with E-state index in [1.54, 1.807) is 12.1 Å². The van der Waals surface area contributed by atoms with Crippen LogP contribution in [0.1, 0.15) is 76.9 Å². The normalized spacial score (nSPS) is 13.4. The molecule has 0 radical (unpaired) electrons. The van der Waals surface area contributed by atoms with E-state index in [2.05, 4.69) is 61.4 Å². The molecular weight excluding hydrogens is 497 g/mol. The molecule has 0 aromatic heterocycles. The molecule has 39 heavy (non-hydrogen) atoms. The van der Waals surface area contributed by atoms with Crippen molar-refractivity contribution in [2.24, 2.45) is 5.92 Å². The number of nitrogens with one attached hydrogen (secondary N) is 2. The van der Waals surface area contributed by atoms with Crippen LogP contribution in [-0.4, -0.2) is 13.2 Å². The lowest BCUT2D eigenvalue weighted by Gasteiger charge is -2.29. The van der Waals surface area contributed by atoms with Crippen molar-refractivity contribution in [3.05, 3.63) is 113 Å². The first-order chi connectivity index (χ1) is 18.5. The molecule has 0 spiro atoms. The van der Waals surface area contributed by atoms with Gasteiger partial charge < -0.3 is 10.1 Å². The summed E-state index contributed by atoms with van der Waals surface area (Å²) in [6.07, 6.45) is -2.11. The zero-order valence-corrected chi connectivity index (χ0v) is 23.6. The first-order valence-corrected chi connectivity index (χ1v) is 13.6. The Balaban J connectivity index is 0.00000420. The number of hydrogen-bond acceptors (Lipinski definition) is 3. The third-order valence-corrected chi connectivity index (χ3v) is 6.66. The van der Waals surface area contributed by atoms with Gasteiger partial charge in [0.05, 0.1) is 17.7 Å². The van der Waals surface area contributed by atoms with Crippen LogP contribution < -0.4 is 15.4 Å². The maximum Gasteiger partial charge on any atom is 0.416 e. The van der Waals surface area contributed by atoms with Gasteiger partial charge in [0.1, 0.15) is 5.75 Å². The molecular formula is C33H45F3N2O. The molecule has 0 amide bonds. The molecule has 0 aliphatic heterocycles. The van der Waals surface area contributed by atoms with Gasteiger partial charge in [0.15, 0.2) is 0 Å². The second kappa shape index (κ2) is 13.7. The minimum Gasteiger partial charge on any atom is -0.491 e. The third kappa shape index (κ3) is 8.89. The SMILES string of the molecule is C=C(NC)[C@H](N[C@H](CCc1ccc(C(F)(F)F)cc1)c1ccc(CC(C)C)c(OC(C)C)c1)c1ccccc1.[HH].[HH]. The van der Waals surface area contributed by atoms with Gasteiger partial charge in [0.25, 0.3) is 0 Å². The van der Waals surface area contributed by atoms with E-state index >= 15 is 0 Å². The molecule has 0 unspecified atom stereocenters. The largest absolute Gasteiger partial charge is 0.491 e. The highest BCUT2D eigenvalue weighted by Gasteiger charge is 2.30. The summed E-state index contributed by atoms with van der Waals surface area (Å²) in [5, 5.41) is 6.98. The molecule has 0 saturated carbocycles. The van der Waals surface area contributed by atoms with Crippen LogP contribution >= 0.6 is 0 Å². The smallest absolute Gasteiger partial charge is 0.416 e. The third-order valence-electron chi connectivity index (χ3n) is 6.66. The summed E-state index contributed by atoms with van der Waals surface area (Å²) in [5.74, 6) is 1.36. The van der Waals surface area contributed by atoms with Crippen LogP contribution in [0, 0.1) is 5.92 Å². The number of rotatable bonds is 13. The summed E-state index contributed by atoms with van der Waals surface area (Å²) in [6, 6.07) is 21.7. The first-order valence-electron chi connectivity index (χ1n) is 13.6. The fraction of sp³-hybridized carbons (Fsp3) is 0.394. The number of benzene rings is 3. The van der Waals surface area contributed by atoms with E-state index in [4.69, 9.17) is 4.74 Å². The molecule has 6 heteroatoms. The number of aryl methyl sites for hydroxylation is 1.